The SMILES string of the molecule is CC1Oc2ccc(CN)cc2NC1=O.Cl. The van der Waals surface area contributed by atoms with E-state index < -0.39 is 6.10 Å². The molecule has 1 aromatic carbocycles. The van der Waals surface area contributed by atoms with Crippen molar-refractivity contribution >= 4 is 24.0 Å². The van der Waals surface area contributed by atoms with Crippen LogP contribution in [0.15, 0.2) is 18.2 Å². The Hall–Kier alpha value is -1.26. The smallest absolute Gasteiger partial charge is 0.265 e. The molecule has 0 saturated heterocycles. The normalized spacial score (nSPS) is 18.3. The van der Waals surface area contributed by atoms with Gasteiger partial charge in [-0.2, -0.15) is 0 Å². The molecule has 1 amide bonds. The standard InChI is InChI=1S/C10H12N2O2.ClH/c1-6-10(13)12-8-4-7(5-11)2-3-9(8)14-6;/h2-4,6H,5,11H2,1H3,(H,12,13);1H. The van der Waals surface area contributed by atoms with Gasteiger partial charge in [-0.05, 0) is 24.6 Å². The summed E-state index contributed by atoms with van der Waals surface area (Å²) in [6.45, 7) is 2.17. The average Bonchev–Trinajstić information content (AvgIpc) is 2.19. The summed E-state index contributed by atoms with van der Waals surface area (Å²) in [6, 6.07) is 5.55. The van der Waals surface area contributed by atoms with Crippen molar-refractivity contribution in [2.45, 2.75) is 19.6 Å². The highest BCUT2D eigenvalue weighted by atomic mass is 35.5. The van der Waals surface area contributed by atoms with Crippen molar-refractivity contribution in [3.63, 3.8) is 0 Å². The lowest BCUT2D eigenvalue weighted by atomic mass is 10.1. The van der Waals surface area contributed by atoms with E-state index in [9.17, 15) is 4.79 Å². The number of rotatable bonds is 1. The summed E-state index contributed by atoms with van der Waals surface area (Å²) >= 11 is 0. The molecule has 1 heterocycles. The van der Waals surface area contributed by atoms with Gasteiger partial charge >= 0.3 is 0 Å². The number of carbonyl (C=O) groups excluding carboxylic acids is 1. The molecule has 1 unspecified atom stereocenters. The van der Waals surface area contributed by atoms with Crippen molar-refractivity contribution in [1.82, 2.24) is 0 Å². The summed E-state index contributed by atoms with van der Waals surface area (Å²) in [5.41, 5.74) is 7.17. The summed E-state index contributed by atoms with van der Waals surface area (Å²) < 4.78 is 5.39. The Morgan fingerprint density at radius 2 is 2.27 bits per heavy atom. The van der Waals surface area contributed by atoms with Gasteiger partial charge in [-0.25, -0.2) is 0 Å². The van der Waals surface area contributed by atoms with Gasteiger partial charge in [0.1, 0.15) is 5.75 Å². The minimum atomic E-state index is -0.425. The lowest BCUT2D eigenvalue weighted by molar-refractivity contribution is -0.122. The third-order valence-electron chi connectivity index (χ3n) is 2.21. The Morgan fingerprint density at radius 1 is 1.53 bits per heavy atom. The molecule has 0 spiro atoms. The Balaban J connectivity index is 0.00000112. The molecule has 3 N–H and O–H groups in total. The second-order valence-corrected chi connectivity index (χ2v) is 3.28. The first-order chi connectivity index (χ1) is 6.70. The fourth-order valence-electron chi connectivity index (χ4n) is 1.38. The van der Waals surface area contributed by atoms with Crippen molar-refractivity contribution in [1.29, 1.82) is 0 Å². The molecule has 1 atom stereocenters. The Bertz CT molecular complexity index is 382. The van der Waals surface area contributed by atoms with Gasteiger partial charge in [-0.1, -0.05) is 6.07 Å². The molecule has 0 fully saturated rings. The van der Waals surface area contributed by atoms with Crippen LogP contribution in [0.3, 0.4) is 0 Å². The van der Waals surface area contributed by atoms with Crippen molar-refractivity contribution < 1.29 is 9.53 Å². The maximum Gasteiger partial charge on any atom is 0.265 e. The third kappa shape index (κ3) is 2.22. The zero-order valence-corrected chi connectivity index (χ0v) is 9.14. The number of nitrogens with one attached hydrogen (secondary N) is 1. The van der Waals surface area contributed by atoms with Crippen LogP contribution in [-0.4, -0.2) is 12.0 Å². The van der Waals surface area contributed by atoms with E-state index in [4.69, 9.17) is 10.5 Å². The van der Waals surface area contributed by atoms with E-state index in [0.29, 0.717) is 18.0 Å². The van der Waals surface area contributed by atoms with Gasteiger partial charge in [0.2, 0.25) is 0 Å². The summed E-state index contributed by atoms with van der Waals surface area (Å²) in [7, 11) is 0. The quantitative estimate of drug-likeness (QED) is 0.761. The number of fused-ring (bicyclic) bond motifs is 1. The highest BCUT2D eigenvalue weighted by molar-refractivity contribution is 5.97. The lowest BCUT2D eigenvalue weighted by Crippen LogP contribution is -2.34. The first kappa shape index (κ1) is 11.8. The summed E-state index contributed by atoms with van der Waals surface area (Å²) in [4.78, 5) is 11.3. The molecule has 5 heteroatoms. The van der Waals surface area contributed by atoms with Gasteiger partial charge in [0, 0.05) is 6.54 Å². The third-order valence-corrected chi connectivity index (χ3v) is 2.21. The number of amides is 1. The van der Waals surface area contributed by atoms with Gasteiger partial charge in [0.05, 0.1) is 5.69 Å². The Labute approximate surface area is 94.2 Å². The van der Waals surface area contributed by atoms with Crippen LogP contribution in [0.5, 0.6) is 5.75 Å². The number of hydrogen-bond acceptors (Lipinski definition) is 3. The number of carbonyl (C=O) groups is 1. The zero-order valence-electron chi connectivity index (χ0n) is 8.32. The topological polar surface area (TPSA) is 64.3 Å². The number of benzene rings is 1. The van der Waals surface area contributed by atoms with Crippen LogP contribution in [-0.2, 0) is 11.3 Å². The van der Waals surface area contributed by atoms with Crippen molar-refractivity contribution in [3.8, 4) is 5.75 Å². The Kier molecular flexibility index (Phi) is 3.55. The molecule has 15 heavy (non-hydrogen) atoms. The maximum absolute atomic E-state index is 11.3. The highest BCUT2D eigenvalue weighted by Gasteiger charge is 2.23. The minimum Gasteiger partial charge on any atom is -0.479 e. The van der Waals surface area contributed by atoms with Gasteiger partial charge < -0.3 is 15.8 Å². The summed E-state index contributed by atoms with van der Waals surface area (Å²) in [5.74, 6) is 0.584. The van der Waals surface area contributed by atoms with E-state index in [1.165, 1.54) is 0 Å². The second-order valence-electron chi connectivity index (χ2n) is 3.28. The fraction of sp³-hybridized carbons (Fsp3) is 0.300. The molecule has 1 aromatic rings. The number of halogens is 1. The molecule has 82 valence electrons. The van der Waals surface area contributed by atoms with E-state index in [1.807, 2.05) is 18.2 Å². The largest absolute Gasteiger partial charge is 0.479 e. The first-order valence-corrected chi connectivity index (χ1v) is 4.51. The number of hydrogen-bond donors (Lipinski definition) is 2. The molecule has 1 aliphatic heterocycles. The van der Waals surface area contributed by atoms with Crippen LogP contribution >= 0.6 is 12.4 Å². The van der Waals surface area contributed by atoms with Gasteiger partial charge in [-0.3, -0.25) is 4.79 Å². The average molecular weight is 229 g/mol. The molecule has 4 nitrogen and oxygen atoms in total. The molecule has 2 rings (SSSR count). The van der Waals surface area contributed by atoms with Crippen LogP contribution in [0.25, 0.3) is 0 Å². The molecular formula is C10H13ClN2O2. The van der Waals surface area contributed by atoms with E-state index in [-0.39, 0.29) is 18.3 Å². The van der Waals surface area contributed by atoms with Crippen LogP contribution in [0.4, 0.5) is 5.69 Å². The van der Waals surface area contributed by atoms with E-state index in [0.717, 1.165) is 5.56 Å². The lowest BCUT2D eigenvalue weighted by Gasteiger charge is -2.23. The van der Waals surface area contributed by atoms with Crippen LogP contribution in [0.2, 0.25) is 0 Å². The van der Waals surface area contributed by atoms with Crippen molar-refractivity contribution in [2.75, 3.05) is 5.32 Å². The van der Waals surface area contributed by atoms with Gasteiger partial charge in [0.15, 0.2) is 6.10 Å². The van der Waals surface area contributed by atoms with E-state index >= 15 is 0 Å². The first-order valence-electron chi connectivity index (χ1n) is 4.51. The van der Waals surface area contributed by atoms with E-state index in [1.54, 1.807) is 6.92 Å². The van der Waals surface area contributed by atoms with Crippen molar-refractivity contribution in [3.05, 3.63) is 23.8 Å². The van der Waals surface area contributed by atoms with Gasteiger partial charge in [-0.15, -0.1) is 12.4 Å². The highest BCUT2D eigenvalue weighted by Crippen LogP contribution is 2.30. The number of nitrogens with two attached hydrogens (primary N) is 1. The van der Waals surface area contributed by atoms with Crippen LogP contribution < -0.4 is 15.8 Å². The predicted molar refractivity (Wildman–Crippen MR) is 60.3 cm³/mol. The molecule has 0 bridgehead atoms. The molecule has 0 radical (unpaired) electrons. The minimum absolute atomic E-state index is 0. The zero-order chi connectivity index (χ0) is 10.1. The summed E-state index contributed by atoms with van der Waals surface area (Å²) in [6.07, 6.45) is -0.425. The molecular weight excluding hydrogens is 216 g/mol. The van der Waals surface area contributed by atoms with Crippen LogP contribution in [0.1, 0.15) is 12.5 Å². The summed E-state index contributed by atoms with van der Waals surface area (Å²) in [5, 5.41) is 2.76. The predicted octanol–water partition coefficient (Wildman–Crippen LogP) is 1.29. The monoisotopic (exact) mass is 228 g/mol. The molecule has 0 aliphatic carbocycles. The van der Waals surface area contributed by atoms with Crippen LogP contribution in [0, 0.1) is 0 Å². The van der Waals surface area contributed by atoms with Crippen molar-refractivity contribution in [2.24, 2.45) is 5.73 Å². The number of anilines is 1. The number of ether oxygens (including phenoxy) is 1. The second kappa shape index (κ2) is 4.51. The maximum atomic E-state index is 11.3. The van der Waals surface area contributed by atoms with E-state index in [2.05, 4.69) is 5.32 Å². The Morgan fingerprint density at radius 3 is 2.93 bits per heavy atom. The molecule has 1 aliphatic rings. The van der Waals surface area contributed by atoms with Gasteiger partial charge in [0.25, 0.3) is 5.91 Å². The molecule has 0 aromatic heterocycles. The molecule has 0 saturated carbocycles. The fourth-order valence-corrected chi connectivity index (χ4v) is 1.38.